The van der Waals surface area contributed by atoms with Gasteiger partial charge in [-0.15, -0.1) is 24.8 Å². The number of rotatable bonds is 5. The number of morpholine rings is 1. The van der Waals surface area contributed by atoms with E-state index in [-0.39, 0.29) is 54.9 Å². The first-order valence-electron chi connectivity index (χ1n) is 9.42. The second-order valence-corrected chi connectivity index (χ2v) is 7.82. The maximum atomic E-state index is 12.9. The molecular formula is C20H33Cl2N3O2. The summed E-state index contributed by atoms with van der Waals surface area (Å²) in [4.78, 5) is 15.2. The van der Waals surface area contributed by atoms with Crippen molar-refractivity contribution >= 4 is 30.7 Å². The lowest BCUT2D eigenvalue weighted by Crippen LogP contribution is -2.56. The predicted molar refractivity (Wildman–Crippen MR) is 114 cm³/mol. The number of hydrogen-bond donors (Lipinski definition) is 2. The lowest BCUT2D eigenvalue weighted by molar-refractivity contribution is -0.135. The Bertz CT molecular complexity index is 617. The second-order valence-electron chi connectivity index (χ2n) is 7.82. The number of ether oxygens (including phenoxy) is 1. The van der Waals surface area contributed by atoms with Crippen molar-refractivity contribution in [2.45, 2.75) is 65.6 Å². The van der Waals surface area contributed by atoms with Gasteiger partial charge in [0.2, 0.25) is 5.91 Å². The molecule has 3 atom stereocenters. The number of fused-ring (bicyclic) bond motifs is 1. The predicted octanol–water partition coefficient (Wildman–Crippen LogP) is 2.88. The van der Waals surface area contributed by atoms with Gasteiger partial charge in [0.1, 0.15) is 0 Å². The number of halogens is 2. The molecule has 7 heteroatoms. The molecule has 27 heavy (non-hydrogen) atoms. The Morgan fingerprint density at radius 3 is 2.44 bits per heavy atom. The Morgan fingerprint density at radius 1 is 1.19 bits per heavy atom. The van der Waals surface area contributed by atoms with E-state index >= 15 is 0 Å². The quantitative estimate of drug-likeness (QED) is 0.772. The van der Waals surface area contributed by atoms with Crippen LogP contribution in [0, 0.1) is 5.92 Å². The van der Waals surface area contributed by atoms with E-state index in [2.05, 4.69) is 61.4 Å². The molecule has 1 aromatic rings. The summed E-state index contributed by atoms with van der Waals surface area (Å²) in [6.45, 7) is 12.5. The van der Waals surface area contributed by atoms with Crippen LogP contribution in [-0.4, -0.2) is 42.1 Å². The molecule has 0 radical (unpaired) electrons. The molecule has 2 aliphatic rings. The Hall–Kier alpha value is -0.850. The fourth-order valence-electron chi connectivity index (χ4n) is 4.09. The molecule has 0 bridgehead atoms. The van der Waals surface area contributed by atoms with Crippen LogP contribution in [0.3, 0.4) is 0 Å². The van der Waals surface area contributed by atoms with Crippen molar-refractivity contribution in [3.63, 3.8) is 0 Å². The largest absolute Gasteiger partial charge is 0.373 e. The third-order valence-electron chi connectivity index (χ3n) is 5.11. The fraction of sp³-hybridized carbons (Fsp3) is 0.650. The van der Waals surface area contributed by atoms with Gasteiger partial charge >= 0.3 is 0 Å². The van der Waals surface area contributed by atoms with Crippen molar-refractivity contribution in [2.24, 2.45) is 5.92 Å². The van der Waals surface area contributed by atoms with Crippen LogP contribution in [0.25, 0.3) is 0 Å². The number of nitrogens with one attached hydrogen (secondary N) is 2. The number of hydrogen-bond acceptors (Lipinski definition) is 4. The Balaban J connectivity index is 0.00000182. The summed E-state index contributed by atoms with van der Waals surface area (Å²) in [5.74, 6) is 0.386. The highest BCUT2D eigenvalue weighted by Gasteiger charge is 2.34. The summed E-state index contributed by atoms with van der Waals surface area (Å²) in [5.41, 5.74) is 3.89. The average Bonchev–Trinajstić information content (AvgIpc) is 2.99. The molecule has 1 saturated heterocycles. The minimum atomic E-state index is -0.107. The zero-order valence-corrected chi connectivity index (χ0v) is 18.3. The zero-order valence-electron chi connectivity index (χ0n) is 16.7. The molecule has 3 unspecified atom stereocenters. The number of nitrogens with zero attached hydrogens (tertiary/aromatic N) is 1. The molecule has 0 aliphatic carbocycles. The van der Waals surface area contributed by atoms with E-state index in [1.54, 1.807) is 0 Å². The maximum Gasteiger partial charge on any atom is 0.237 e. The molecular weight excluding hydrogens is 385 g/mol. The summed E-state index contributed by atoms with van der Waals surface area (Å²) in [5, 5.41) is 6.52. The topological polar surface area (TPSA) is 53.6 Å². The van der Waals surface area contributed by atoms with Crippen molar-refractivity contribution in [1.82, 2.24) is 15.5 Å². The molecule has 0 aromatic heterocycles. The van der Waals surface area contributed by atoms with Gasteiger partial charge < -0.3 is 15.4 Å². The van der Waals surface area contributed by atoms with E-state index in [0.717, 1.165) is 26.2 Å². The lowest BCUT2D eigenvalue weighted by Gasteiger charge is -2.41. The third-order valence-corrected chi connectivity index (χ3v) is 5.11. The third kappa shape index (κ3) is 6.06. The van der Waals surface area contributed by atoms with Gasteiger partial charge in [-0.1, -0.05) is 32.0 Å². The summed E-state index contributed by atoms with van der Waals surface area (Å²) in [6, 6.07) is 6.39. The monoisotopic (exact) mass is 417 g/mol. The molecule has 0 spiro atoms. The van der Waals surface area contributed by atoms with Gasteiger partial charge in [-0.3, -0.25) is 9.69 Å². The standard InChI is InChI=1S/C20H31N3O2.2ClH/c1-13(2)19(23-11-14(3)25-15(4)12-23)20(24)22-8-16-5-6-17-9-21-10-18(17)7-16;;/h5-7,13-15,19,21H,8-12H2,1-4H3,(H,22,24);2*1H. The Morgan fingerprint density at radius 2 is 1.81 bits per heavy atom. The fourth-order valence-corrected chi connectivity index (χ4v) is 4.09. The number of benzene rings is 1. The normalized spacial score (nSPS) is 23.1. The van der Waals surface area contributed by atoms with Gasteiger partial charge in [-0.25, -0.2) is 0 Å². The van der Waals surface area contributed by atoms with E-state index < -0.39 is 0 Å². The summed E-state index contributed by atoms with van der Waals surface area (Å²) >= 11 is 0. The van der Waals surface area contributed by atoms with Crippen molar-refractivity contribution in [2.75, 3.05) is 13.1 Å². The minimum Gasteiger partial charge on any atom is -0.373 e. The molecule has 2 N–H and O–H groups in total. The highest BCUT2D eigenvalue weighted by Crippen LogP contribution is 2.20. The van der Waals surface area contributed by atoms with Gasteiger partial charge in [-0.05, 0) is 36.5 Å². The number of carbonyl (C=O) groups excluding carboxylic acids is 1. The van der Waals surface area contributed by atoms with Crippen LogP contribution in [-0.2, 0) is 29.2 Å². The van der Waals surface area contributed by atoms with Crippen LogP contribution in [0.5, 0.6) is 0 Å². The first kappa shape index (κ1) is 24.2. The molecule has 2 aliphatic heterocycles. The minimum absolute atomic E-state index is 0. The van der Waals surface area contributed by atoms with Gasteiger partial charge in [0.05, 0.1) is 18.2 Å². The maximum absolute atomic E-state index is 12.9. The van der Waals surface area contributed by atoms with E-state index in [1.807, 2.05) is 0 Å². The second kappa shape index (κ2) is 10.6. The lowest BCUT2D eigenvalue weighted by atomic mass is 9.99. The summed E-state index contributed by atoms with van der Waals surface area (Å²) in [7, 11) is 0. The molecule has 154 valence electrons. The molecule has 2 heterocycles. The number of amides is 1. The van der Waals surface area contributed by atoms with Crippen molar-refractivity contribution in [3.05, 3.63) is 34.9 Å². The average molecular weight is 418 g/mol. The van der Waals surface area contributed by atoms with Crippen LogP contribution in [0.15, 0.2) is 18.2 Å². The van der Waals surface area contributed by atoms with Crippen molar-refractivity contribution < 1.29 is 9.53 Å². The van der Waals surface area contributed by atoms with Crippen LogP contribution >= 0.6 is 24.8 Å². The van der Waals surface area contributed by atoms with E-state index in [9.17, 15) is 4.79 Å². The van der Waals surface area contributed by atoms with E-state index in [1.165, 1.54) is 16.7 Å². The van der Waals surface area contributed by atoms with Crippen LogP contribution in [0.1, 0.15) is 44.4 Å². The van der Waals surface area contributed by atoms with Crippen molar-refractivity contribution in [1.29, 1.82) is 0 Å². The van der Waals surface area contributed by atoms with Crippen LogP contribution in [0.2, 0.25) is 0 Å². The van der Waals surface area contributed by atoms with E-state index in [0.29, 0.717) is 6.54 Å². The highest BCUT2D eigenvalue weighted by atomic mass is 35.5. The first-order chi connectivity index (χ1) is 11.9. The summed E-state index contributed by atoms with van der Waals surface area (Å²) in [6.07, 6.45) is 0.337. The molecule has 1 amide bonds. The molecule has 3 rings (SSSR count). The van der Waals surface area contributed by atoms with Gasteiger partial charge in [0, 0.05) is 32.7 Å². The van der Waals surface area contributed by atoms with Crippen LogP contribution < -0.4 is 10.6 Å². The van der Waals surface area contributed by atoms with Gasteiger partial charge in [-0.2, -0.15) is 0 Å². The summed E-state index contributed by atoms with van der Waals surface area (Å²) < 4.78 is 5.82. The van der Waals surface area contributed by atoms with Crippen LogP contribution in [0.4, 0.5) is 0 Å². The molecule has 5 nitrogen and oxygen atoms in total. The molecule has 1 aromatic carbocycles. The highest BCUT2D eigenvalue weighted by molar-refractivity contribution is 5.85. The SMILES string of the molecule is CC1CN(C(C(=O)NCc2ccc3c(c2)CNC3)C(C)C)CC(C)O1.Cl.Cl. The molecule has 0 saturated carbocycles. The van der Waals surface area contributed by atoms with E-state index in [4.69, 9.17) is 4.74 Å². The van der Waals surface area contributed by atoms with Gasteiger partial charge in [0.15, 0.2) is 0 Å². The smallest absolute Gasteiger partial charge is 0.237 e. The Kier molecular flexibility index (Phi) is 9.52. The zero-order chi connectivity index (χ0) is 18.0. The molecule has 1 fully saturated rings. The Labute approximate surface area is 175 Å². The van der Waals surface area contributed by atoms with Gasteiger partial charge in [0.25, 0.3) is 0 Å². The number of carbonyl (C=O) groups is 1. The first-order valence-corrected chi connectivity index (χ1v) is 9.42. The van der Waals surface area contributed by atoms with Crippen molar-refractivity contribution in [3.8, 4) is 0 Å².